The summed E-state index contributed by atoms with van der Waals surface area (Å²) in [6, 6.07) is 5.78. The van der Waals surface area contributed by atoms with Crippen molar-refractivity contribution in [3.8, 4) is 0 Å². The number of anilines is 2. The quantitative estimate of drug-likeness (QED) is 0.642. The molecule has 0 fully saturated rings. The number of nitrogens with two attached hydrogens (primary N) is 1. The van der Waals surface area contributed by atoms with Gasteiger partial charge in [0.2, 0.25) is 11.0 Å². The van der Waals surface area contributed by atoms with Gasteiger partial charge in [-0.2, -0.15) is 0 Å². The Kier molecular flexibility index (Phi) is 6.89. The maximum absolute atomic E-state index is 10.7. The van der Waals surface area contributed by atoms with Crippen LogP contribution in [0.2, 0.25) is 0 Å². The highest BCUT2D eigenvalue weighted by atomic mass is 32.1. The third-order valence-electron chi connectivity index (χ3n) is 3.44. The fraction of sp³-hybridized carbons (Fsp3) is 0.467. The highest BCUT2D eigenvalue weighted by Crippen LogP contribution is 2.25. The van der Waals surface area contributed by atoms with Crippen LogP contribution in [0.5, 0.6) is 0 Å². The minimum absolute atomic E-state index is 0.426. The zero-order valence-electron chi connectivity index (χ0n) is 12.8. The van der Waals surface area contributed by atoms with E-state index in [1.54, 1.807) is 11.7 Å². The molecule has 23 heavy (non-hydrogen) atoms. The highest BCUT2D eigenvalue weighted by Gasteiger charge is 2.13. The van der Waals surface area contributed by atoms with Crippen LogP contribution in [0, 0.1) is 0 Å². The smallest absolute Gasteiger partial charge is 0.246 e. The van der Waals surface area contributed by atoms with E-state index in [4.69, 9.17) is 5.73 Å². The number of hydrogen-bond donors (Lipinski definition) is 2. The Morgan fingerprint density at radius 3 is 2.78 bits per heavy atom. The average molecular weight is 335 g/mol. The monoisotopic (exact) mass is 335 g/mol. The van der Waals surface area contributed by atoms with Crippen molar-refractivity contribution in [3.63, 3.8) is 0 Å². The average Bonchev–Trinajstić information content (AvgIpc) is 3.08. The summed E-state index contributed by atoms with van der Waals surface area (Å²) >= 11 is 1.48. The molecule has 8 heteroatoms. The van der Waals surface area contributed by atoms with Gasteiger partial charge in [0.25, 0.3) is 0 Å². The van der Waals surface area contributed by atoms with Crippen LogP contribution in [0.4, 0.5) is 10.9 Å². The molecule has 0 bridgehead atoms. The number of nitrogens with zero attached hydrogens (tertiary/aromatic N) is 4. The van der Waals surface area contributed by atoms with E-state index >= 15 is 0 Å². The van der Waals surface area contributed by atoms with Gasteiger partial charge in [-0.05, 0) is 25.0 Å². The molecule has 124 valence electrons. The molecule has 3 N–H and O–H groups in total. The molecule has 2 rings (SSSR count). The summed E-state index contributed by atoms with van der Waals surface area (Å²) in [6.07, 6.45) is 4.84. The Bertz CT molecular complexity index is 579. The molecule has 0 aliphatic carbocycles. The lowest BCUT2D eigenvalue weighted by molar-refractivity contribution is -0.126. The molecule has 2 aromatic rings. The first-order chi connectivity index (χ1) is 11.2. The molecule has 1 unspecified atom stereocenters. The second-order valence-corrected chi connectivity index (χ2v) is 5.99. The van der Waals surface area contributed by atoms with E-state index in [-0.39, 0.29) is 0 Å². The van der Waals surface area contributed by atoms with Gasteiger partial charge in [0.05, 0.1) is 0 Å². The summed E-state index contributed by atoms with van der Waals surface area (Å²) in [7, 11) is 0. The second kappa shape index (κ2) is 9.16. The van der Waals surface area contributed by atoms with Crippen LogP contribution in [0.15, 0.2) is 29.9 Å². The van der Waals surface area contributed by atoms with Crippen LogP contribution in [-0.2, 0) is 4.79 Å². The Morgan fingerprint density at radius 2 is 2.13 bits per heavy atom. The van der Waals surface area contributed by atoms with Gasteiger partial charge < -0.3 is 15.7 Å². The number of aromatic nitrogens is 3. The molecule has 0 radical (unpaired) electrons. The fourth-order valence-corrected chi connectivity index (χ4v) is 2.80. The topological polar surface area (TPSA) is 105 Å². The van der Waals surface area contributed by atoms with Crippen LogP contribution in [0.25, 0.3) is 0 Å². The summed E-state index contributed by atoms with van der Waals surface area (Å²) < 4.78 is 0. The van der Waals surface area contributed by atoms with E-state index in [0.717, 1.165) is 43.2 Å². The van der Waals surface area contributed by atoms with Crippen LogP contribution in [0.3, 0.4) is 0 Å². The van der Waals surface area contributed by atoms with E-state index in [1.165, 1.54) is 11.3 Å². The van der Waals surface area contributed by atoms with Crippen molar-refractivity contribution < 1.29 is 9.90 Å². The molecule has 1 amide bonds. The van der Waals surface area contributed by atoms with Gasteiger partial charge in [-0.1, -0.05) is 36.7 Å². The lowest BCUT2D eigenvalue weighted by Gasteiger charge is -2.20. The Morgan fingerprint density at radius 1 is 1.30 bits per heavy atom. The number of pyridine rings is 1. The molecule has 2 heterocycles. The number of rotatable bonds is 10. The zero-order chi connectivity index (χ0) is 16.5. The largest absolute Gasteiger partial charge is 0.383 e. The van der Waals surface area contributed by atoms with E-state index in [0.29, 0.717) is 6.42 Å². The summed E-state index contributed by atoms with van der Waals surface area (Å²) in [4.78, 5) is 17.2. The maximum atomic E-state index is 10.7. The third kappa shape index (κ3) is 5.57. The number of unbranched alkanes of at least 4 members (excludes halogenated alkanes) is 3. The summed E-state index contributed by atoms with van der Waals surface area (Å²) in [6.45, 7) is 0.796. The predicted molar refractivity (Wildman–Crippen MR) is 89.4 cm³/mol. The minimum Gasteiger partial charge on any atom is -0.383 e. The van der Waals surface area contributed by atoms with E-state index in [2.05, 4.69) is 20.1 Å². The van der Waals surface area contributed by atoms with Crippen molar-refractivity contribution in [2.45, 2.75) is 38.2 Å². The maximum Gasteiger partial charge on any atom is 0.246 e. The number of primary amides is 1. The van der Waals surface area contributed by atoms with E-state index < -0.39 is 12.0 Å². The van der Waals surface area contributed by atoms with Gasteiger partial charge in [0.15, 0.2) is 0 Å². The SMILES string of the molecule is NC(=O)C(O)CCCCCCN(c1ccccn1)c1nncs1. The summed E-state index contributed by atoms with van der Waals surface area (Å²) in [5.41, 5.74) is 6.73. The normalized spacial score (nSPS) is 12.0. The molecule has 1 atom stereocenters. The van der Waals surface area contributed by atoms with E-state index in [9.17, 15) is 9.90 Å². The Balaban J connectivity index is 1.78. The predicted octanol–water partition coefficient (Wildman–Crippen LogP) is 1.87. The minimum atomic E-state index is -1.03. The Labute approximate surface area is 139 Å². The lowest BCUT2D eigenvalue weighted by Crippen LogP contribution is -2.27. The standard InChI is InChI=1S/C15H21N5O2S/c16-14(22)12(21)7-3-1-2-6-10-20(15-19-18-11-23-15)13-8-4-5-9-17-13/h4-5,8-9,11-12,21H,1-3,6-7,10H2,(H2,16,22). The number of hydrogen-bond acceptors (Lipinski definition) is 7. The molecule has 2 aromatic heterocycles. The van der Waals surface area contributed by atoms with Crippen LogP contribution in [-0.4, -0.2) is 38.8 Å². The second-order valence-electron chi connectivity index (χ2n) is 5.18. The van der Waals surface area contributed by atoms with Crippen LogP contribution >= 0.6 is 11.3 Å². The molecular weight excluding hydrogens is 314 g/mol. The van der Waals surface area contributed by atoms with Crippen LogP contribution in [0.1, 0.15) is 32.1 Å². The van der Waals surface area contributed by atoms with Gasteiger partial charge in [0, 0.05) is 12.7 Å². The number of amides is 1. The lowest BCUT2D eigenvalue weighted by atomic mass is 10.1. The summed E-state index contributed by atoms with van der Waals surface area (Å²) in [5.74, 6) is 0.205. The van der Waals surface area contributed by atoms with Crippen molar-refractivity contribution in [2.75, 3.05) is 11.4 Å². The van der Waals surface area contributed by atoms with Crippen molar-refractivity contribution in [3.05, 3.63) is 29.9 Å². The first-order valence-corrected chi connectivity index (χ1v) is 8.48. The van der Waals surface area contributed by atoms with Crippen molar-refractivity contribution in [1.82, 2.24) is 15.2 Å². The van der Waals surface area contributed by atoms with Gasteiger partial charge in [-0.3, -0.25) is 4.79 Å². The molecule has 0 aliphatic rings. The van der Waals surface area contributed by atoms with Gasteiger partial charge >= 0.3 is 0 Å². The number of aliphatic hydroxyl groups excluding tert-OH is 1. The van der Waals surface area contributed by atoms with Gasteiger partial charge in [-0.25, -0.2) is 4.98 Å². The fourth-order valence-electron chi connectivity index (χ4n) is 2.21. The first-order valence-electron chi connectivity index (χ1n) is 7.60. The zero-order valence-corrected chi connectivity index (χ0v) is 13.7. The molecule has 7 nitrogen and oxygen atoms in total. The van der Waals surface area contributed by atoms with Crippen molar-refractivity contribution in [2.24, 2.45) is 5.73 Å². The van der Waals surface area contributed by atoms with Crippen molar-refractivity contribution in [1.29, 1.82) is 0 Å². The molecule has 0 spiro atoms. The number of carbonyl (C=O) groups is 1. The number of carbonyl (C=O) groups excluding carboxylic acids is 1. The highest BCUT2D eigenvalue weighted by molar-refractivity contribution is 7.13. The van der Waals surface area contributed by atoms with Gasteiger partial charge in [0.1, 0.15) is 17.4 Å². The third-order valence-corrected chi connectivity index (χ3v) is 4.16. The summed E-state index contributed by atoms with van der Waals surface area (Å²) in [5, 5.41) is 18.2. The van der Waals surface area contributed by atoms with Crippen molar-refractivity contribution >= 4 is 28.2 Å². The van der Waals surface area contributed by atoms with E-state index in [1.807, 2.05) is 18.2 Å². The molecular formula is C15H21N5O2S. The Hall–Kier alpha value is -2.06. The molecule has 0 saturated carbocycles. The molecule has 0 aromatic carbocycles. The molecule has 0 aliphatic heterocycles. The first kappa shape index (κ1) is 17.3. The number of aliphatic hydroxyl groups is 1. The molecule has 0 saturated heterocycles. The van der Waals surface area contributed by atoms with Gasteiger partial charge in [-0.15, -0.1) is 10.2 Å². The van der Waals surface area contributed by atoms with Crippen LogP contribution < -0.4 is 10.6 Å².